The number of phenolic OH excluding ortho intramolecular Hbond substituents is 1. The van der Waals surface area contributed by atoms with Crippen molar-refractivity contribution in [3.05, 3.63) is 88.0 Å². The topological polar surface area (TPSA) is 168 Å². The first kappa shape index (κ1) is 26.2. The highest BCUT2D eigenvalue weighted by Gasteiger charge is 2.20. The summed E-state index contributed by atoms with van der Waals surface area (Å²) in [4.78, 5) is 34.3. The number of rotatable bonds is 9. The van der Waals surface area contributed by atoms with Crippen LogP contribution in [0.5, 0.6) is 5.75 Å². The Hall–Kier alpha value is -4.45. The Morgan fingerprint density at radius 3 is 2.33 bits per heavy atom. The number of phenols is 1. The van der Waals surface area contributed by atoms with Crippen molar-refractivity contribution in [2.45, 2.75) is 31.2 Å². The standard InChI is InChI=1S/C24H24N4O7S/c1-3-23(30)26-17-9-7-16(8-10-17)15(2)25-24(31)21-13-18(11-12-22(21)29)27-36(34,35)20-6-4-5-19(14-20)28(32)33/h4-15,27,29H,3H2,1-2H3,(H,25,31)(H,26,30)/t15-/m0/s1. The molecule has 2 amide bonds. The fourth-order valence-electron chi connectivity index (χ4n) is 3.22. The number of nitro groups is 1. The molecule has 0 aliphatic heterocycles. The van der Waals surface area contributed by atoms with Gasteiger partial charge in [-0.25, -0.2) is 8.42 Å². The minimum Gasteiger partial charge on any atom is -0.507 e. The molecule has 0 aliphatic carbocycles. The van der Waals surface area contributed by atoms with Gasteiger partial charge in [-0.15, -0.1) is 0 Å². The second kappa shape index (κ2) is 10.9. The molecule has 12 heteroatoms. The van der Waals surface area contributed by atoms with Gasteiger partial charge in [-0.3, -0.25) is 24.4 Å². The van der Waals surface area contributed by atoms with E-state index in [4.69, 9.17) is 0 Å². The molecule has 3 rings (SSSR count). The molecule has 0 unspecified atom stereocenters. The minimum absolute atomic E-state index is 0.0203. The van der Waals surface area contributed by atoms with E-state index in [9.17, 15) is 33.2 Å². The summed E-state index contributed by atoms with van der Waals surface area (Å²) in [6.45, 7) is 3.47. The van der Waals surface area contributed by atoms with Gasteiger partial charge in [0.05, 0.1) is 21.4 Å². The smallest absolute Gasteiger partial charge is 0.270 e. The molecule has 0 saturated heterocycles. The third kappa shape index (κ3) is 6.36. The number of carbonyl (C=O) groups is 2. The van der Waals surface area contributed by atoms with Crippen LogP contribution in [-0.2, 0) is 14.8 Å². The van der Waals surface area contributed by atoms with Crippen molar-refractivity contribution in [2.75, 3.05) is 10.0 Å². The van der Waals surface area contributed by atoms with Crippen LogP contribution in [0.25, 0.3) is 0 Å². The van der Waals surface area contributed by atoms with Gasteiger partial charge in [0.2, 0.25) is 5.91 Å². The van der Waals surface area contributed by atoms with Gasteiger partial charge in [-0.05, 0) is 48.9 Å². The maximum Gasteiger partial charge on any atom is 0.270 e. The molecule has 0 fully saturated rings. The first-order valence-corrected chi connectivity index (χ1v) is 12.3. The van der Waals surface area contributed by atoms with E-state index in [1.165, 1.54) is 18.2 Å². The lowest BCUT2D eigenvalue weighted by Gasteiger charge is -2.16. The predicted molar refractivity (Wildman–Crippen MR) is 133 cm³/mol. The van der Waals surface area contributed by atoms with Gasteiger partial charge in [-0.2, -0.15) is 0 Å². The predicted octanol–water partition coefficient (Wildman–Crippen LogP) is 3.94. The van der Waals surface area contributed by atoms with Gasteiger partial charge in [0.25, 0.3) is 21.6 Å². The molecular weight excluding hydrogens is 488 g/mol. The lowest BCUT2D eigenvalue weighted by Crippen LogP contribution is -2.27. The van der Waals surface area contributed by atoms with Crippen molar-refractivity contribution >= 4 is 38.9 Å². The minimum atomic E-state index is -4.20. The number of carbonyl (C=O) groups excluding carboxylic acids is 2. The van der Waals surface area contributed by atoms with E-state index in [0.29, 0.717) is 12.1 Å². The summed E-state index contributed by atoms with van der Waals surface area (Å²) < 4.78 is 27.7. The van der Waals surface area contributed by atoms with Crippen LogP contribution in [0.15, 0.2) is 71.6 Å². The first-order chi connectivity index (χ1) is 17.0. The molecule has 0 aromatic heterocycles. The summed E-state index contributed by atoms with van der Waals surface area (Å²) >= 11 is 0. The van der Waals surface area contributed by atoms with Crippen molar-refractivity contribution in [2.24, 2.45) is 0 Å². The Kier molecular flexibility index (Phi) is 7.90. The third-order valence-electron chi connectivity index (χ3n) is 5.20. The van der Waals surface area contributed by atoms with Crippen molar-refractivity contribution < 1.29 is 28.0 Å². The van der Waals surface area contributed by atoms with Gasteiger partial charge >= 0.3 is 0 Å². The van der Waals surface area contributed by atoms with Crippen molar-refractivity contribution in [1.82, 2.24) is 5.32 Å². The Balaban J connectivity index is 1.75. The van der Waals surface area contributed by atoms with Crippen molar-refractivity contribution in [3.8, 4) is 5.75 Å². The molecule has 188 valence electrons. The van der Waals surface area contributed by atoms with Crippen LogP contribution in [0.3, 0.4) is 0 Å². The highest BCUT2D eigenvalue weighted by Crippen LogP contribution is 2.26. The summed E-state index contributed by atoms with van der Waals surface area (Å²) in [6, 6.07) is 14.5. The Morgan fingerprint density at radius 1 is 1.03 bits per heavy atom. The second-order valence-corrected chi connectivity index (χ2v) is 9.49. The van der Waals surface area contributed by atoms with Gasteiger partial charge in [0, 0.05) is 29.9 Å². The van der Waals surface area contributed by atoms with E-state index in [2.05, 4.69) is 15.4 Å². The van der Waals surface area contributed by atoms with Crippen LogP contribution < -0.4 is 15.4 Å². The fourth-order valence-corrected chi connectivity index (χ4v) is 4.31. The monoisotopic (exact) mass is 512 g/mol. The molecule has 0 bridgehead atoms. The lowest BCUT2D eigenvalue weighted by atomic mass is 10.1. The summed E-state index contributed by atoms with van der Waals surface area (Å²) in [7, 11) is -4.20. The zero-order chi connectivity index (χ0) is 26.5. The van der Waals surface area contributed by atoms with E-state index >= 15 is 0 Å². The average molecular weight is 513 g/mol. The second-order valence-electron chi connectivity index (χ2n) is 7.81. The lowest BCUT2D eigenvalue weighted by molar-refractivity contribution is -0.385. The number of hydrogen-bond acceptors (Lipinski definition) is 7. The zero-order valence-electron chi connectivity index (χ0n) is 19.4. The van der Waals surface area contributed by atoms with E-state index in [-0.39, 0.29) is 27.8 Å². The highest BCUT2D eigenvalue weighted by atomic mass is 32.2. The normalized spacial score (nSPS) is 11.8. The molecular formula is C24H24N4O7S. The number of benzene rings is 3. The first-order valence-electron chi connectivity index (χ1n) is 10.8. The zero-order valence-corrected chi connectivity index (χ0v) is 20.2. The largest absolute Gasteiger partial charge is 0.507 e. The quantitative estimate of drug-likeness (QED) is 0.191. The van der Waals surface area contributed by atoms with Crippen LogP contribution in [0.4, 0.5) is 17.1 Å². The van der Waals surface area contributed by atoms with Crippen LogP contribution in [0, 0.1) is 10.1 Å². The number of hydrogen-bond donors (Lipinski definition) is 4. The van der Waals surface area contributed by atoms with Gasteiger partial charge in [-0.1, -0.05) is 25.1 Å². The van der Waals surface area contributed by atoms with E-state index in [1.54, 1.807) is 38.1 Å². The number of sulfonamides is 1. The summed E-state index contributed by atoms with van der Waals surface area (Å²) in [5.74, 6) is -1.14. The molecule has 36 heavy (non-hydrogen) atoms. The molecule has 11 nitrogen and oxygen atoms in total. The number of non-ortho nitro benzene ring substituents is 1. The Morgan fingerprint density at radius 2 is 1.69 bits per heavy atom. The molecule has 0 spiro atoms. The SMILES string of the molecule is CCC(=O)Nc1ccc([C@H](C)NC(=O)c2cc(NS(=O)(=O)c3cccc([N+](=O)[O-])c3)ccc2O)cc1. The number of nitro benzene ring substituents is 1. The maximum atomic E-state index is 12.8. The molecule has 0 aliphatic rings. The summed E-state index contributed by atoms with van der Waals surface area (Å²) in [5.41, 5.74) is 0.768. The Labute approximate surface area is 207 Å². The highest BCUT2D eigenvalue weighted by molar-refractivity contribution is 7.92. The molecule has 3 aromatic carbocycles. The molecule has 0 radical (unpaired) electrons. The number of nitrogens with zero attached hydrogens (tertiary/aromatic N) is 1. The van der Waals surface area contributed by atoms with E-state index in [0.717, 1.165) is 29.8 Å². The molecule has 0 saturated carbocycles. The third-order valence-corrected chi connectivity index (χ3v) is 6.57. The van der Waals surface area contributed by atoms with Gasteiger partial charge in [0.15, 0.2) is 0 Å². The number of amides is 2. The van der Waals surface area contributed by atoms with Crippen LogP contribution >= 0.6 is 0 Å². The number of anilines is 2. The maximum absolute atomic E-state index is 12.8. The summed E-state index contributed by atoms with van der Waals surface area (Å²) in [6.07, 6.45) is 0.345. The summed E-state index contributed by atoms with van der Waals surface area (Å²) in [5, 5.41) is 26.6. The number of aromatic hydroxyl groups is 1. The Bertz CT molecular complexity index is 1410. The number of nitrogens with one attached hydrogen (secondary N) is 3. The van der Waals surface area contributed by atoms with Gasteiger partial charge in [0.1, 0.15) is 5.75 Å². The fraction of sp³-hybridized carbons (Fsp3) is 0.167. The van der Waals surface area contributed by atoms with Crippen molar-refractivity contribution in [1.29, 1.82) is 0 Å². The molecule has 4 N–H and O–H groups in total. The van der Waals surface area contributed by atoms with Crippen LogP contribution in [0.1, 0.15) is 42.2 Å². The van der Waals surface area contributed by atoms with Crippen LogP contribution in [-0.4, -0.2) is 30.3 Å². The molecule has 3 aromatic rings. The van der Waals surface area contributed by atoms with E-state index < -0.39 is 32.6 Å². The van der Waals surface area contributed by atoms with E-state index in [1.807, 2.05) is 0 Å². The molecule has 0 heterocycles. The van der Waals surface area contributed by atoms with Crippen LogP contribution in [0.2, 0.25) is 0 Å². The van der Waals surface area contributed by atoms with Crippen molar-refractivity contribution in [3.63, 3.8) is 0 Å². The average Bonchev–Trinajstić information content (AvgIpc) is 2.85. The molecule has 1 atom stereocenters. The van der Waals surface area contributed by atoms with Gasteiger partial charge < -0.3 is 15.7 Å².